The van der Waals surface area contributed by atoms with Gasteiger partial charge in [-0.25, -0.2) is 0 Å². The summed E-state index contributed by atoms with van der Waals surface area (Å²) >= 11 is 6.15. The van der Waals surface area contributed by atoms with Crippen LogP contribution < -0.4 is 16.4 Å². The quantitative estimate of drug-likeness (QED) is 0.367. The average Bonchev–Trinajstić information content (AvgIpc) is 3.18. The molecule has 1 heterocycles. The number of carbonyl (C=O) groups excluding carboxylic acids is 1. The second kappa shape index (κ2) is 9.42. The van der Waals surface area contributed by atoms with Crippen molar-refractivity contribution in [3.05, 3.63) is 94.5 Å². The largest absolute Gasteiger partial charge is 0.354 e. The number of hydrogen-bond acceptors (Lipinski definition) is 3. The Bertz CT molecular complexity index is 1180. The van der Waals surface area contributed by atoms with Crippen LogP contribution in [0, 0.1) is 5.92 Å². The molecular weight excluding hydrogens is 430 g/mol. The number of nitrogens with two attached hydrogens (primary N) is 1. The zero-order valence-corrected chi connectivity index (χ0v) is 19.2. The van der Waals surface area contributed by atoms with Crippen molar-refractivity contribution in [2.75, 3.05) is 10.6 Å². The second-order valence-corrected chi connectivity index (χ2v) is 9.37. The lowest BCUT2D eigenvalue weighted by Gasteiger charge is -2.28. The topological polar surface area (TPSA) is 67.1 Å². The average molecular weight is 458 g/mol. The van der Waals surface area contributed by atoms with E-state index in [0.717, 1.165) is 28.2 Å². The SMILES string of the molecule is NC(c1ccc(N/C(=C2\C(=O)Nc3cc(Cl)ccc32)c2ccccc2)cc1)C1CCCCC1. The molecule has 0 aromatic heterocycles. The highest BCUT2D eigenvalue weighted by Gasteiger charge is 2.28. The van der Waals surface area contributed by atoms with Crippen LogP contribution >= 0.6 is 11.6 Å². The highest BCUT2D eigenvalue weighted by atomic mass is 35.5. The molecule has 4 nitrogen and oxygen atoms in total. The van der Waals surface area contributed by atoms with Crippen LogP contribution in [0.4, 0.5) is 11.4 Å². The molecule has 0 spiro atoms. The van der Waals surface area contributed by atoms with Gasteiger partial charge in [-0.3, -0.25) is 4.79 Å². The lowest BCUT2D eigenvalue weighted by atomic mass is 9.81. The third-order valence-corrected chi connectivity index (χ3v) is 7.00. The van der Waals surface area contributed by atoms with Crippen LogP contribution in [0.25, 0.3) is 11.3 Å². The van der Waals surface area contributed by atoms with Gasteiger partial charge in [-0.15, -0.1) is 0 Å². The monoisotopic (exact) mass is 457 g/mol. The molecule has 3 aromatic carbocycles. The molecule has 0 saturated heterocycles. The maximum absolute atomic E-state index is 13.0. The molecule has 1 amide bonds. The van der Waals surface area contributed by atoms with Crippen LogP contribution in [0.5, 0.6) is 0 Å². The van der Waals surface area contributed by atoms with Crippen molar-refractivity contribution >= 4 is 40.2 Å². The lowest BCUT2D eigenvalue weighted by Crippen LogP contribution is -2.23. The van der Waals surface area contributed by atoms with Crippen molar-refractivity contribution in [2.45, 2.75) is 38.1 Å². The first-order valence-electron chi connectivity index (χ1n) is 11.6. The van der Waals surface area contributed by atoms with Gasteiger partial charge in [0.25, 0.3) is 5.91 Å². The molecule has 1 saturated carbocycles. The number of amides is 1. The zero-order chi connectivity index (χ0) is 22.8. The molecule has 2 aliphatic rings. The summed E-state index contributed by atoms with van der Waals surface area (Å²) in [5, 5.41) is 7.05. The summed E-state index contributed by atoms with van der Waals surface area (Å²) in [6, 6.07) is 23.8. The van der Waals surface area contributed by atoms with E-state index in [2.05, 4.69) is 34.9 Å². The number of benzene rings is 3. The molecule has 0 bridgehead atoms. The van der Waals surface area contributed by atoms with E-state index in [9.17, 15) is 4.79 Å². The Morgan fingerprint density at radius 3 is 2.42 bits per heavy atom. The van der Waals surface area contributed by atoms with Gasteiger partial charge in [0, 0.05) is 22.3 Å². The molecule has 5 rings (SSSR count). The molecule has 1 aliphatic carbocycles. The van der Waals surface area contributed by atoms with Crippen LogP contribution in [0.1, 0.15) is 54.8 Å². The summed E-state index contributed by atoms with van der Waals surface area (Å²) < 4.78 is 0. The number of anilines is 2. The molecule has 168 valence electrons. The smallest absolute Gasteiger partial charge is 0.258 e. The van der Waals surface area contributed by atoms with Gasteiger partial charge in [-0.1, -0.05) is 79.4 Å². The summed E-state index contributed by atoms with van der Waals surface area (Å²) in [6.07, 6.45) is 6.31. The summed E-state index contributed by atoms with van der Waals surface area (Å²) in [5.41, 5.74) is 12.6. The van der Waals surface area contributed by atoms with Gasteiger partial charge in [0.15, 0.2) is 0 Å². The highest BCUT2D eigenvalue weighted by molar-refractivity contribution is 6.38. The van der Waals surface area contributed by atoms with Crippen molar-refractivity contribution in [3.8, 4) is 0 Å². The van der Waals surface area contributed by atoms with E-state index in [0.29, 0.717) is 16.5 Å². The van der Waals surface area contributed by atoms with Gasteiger partial charge >= 0.3 is 0 Å². The molecule has 1 fully saturated rings. The number of fused-ring (bicyclic) bond motifs is 1. The van der Waals surface area contributed by atoms with Gasteiger partial charge in [-0.2, -0.15) is 0 Å². The van der Waals surface area contributed by atoms with E-state index in [1.54, 1.807) is 6.07 Å². The van der Waals surface area contributed by atoms with Crippen LogP contribution in [-0.2, 0) is 4.79 Å². The van der Waals surface area contributed by atoms with Crippen LogP contribution in [-0.4, -0.2) is 5.91 Å². The molecule has 1 aliphatic heterocycles. The normalized spacial score (nSPS) is 18.4. The molecule has 5 heteroatoms. The molecule has 1 unspecified atom stereocenters. The number of hydrogen-bond donors (Lipinski definition) is 3. The Morgan fingerprint density at radius 2 is 1.70 bits per heavy atom. The summed E-state index contributed by atoms with van der Waals surface area (Å²) in [5.74, 6) is 0.416. The lowest BCUT2D eigenvalue weighted by molar-refractivity contribution is -0.110. The first-order valence-corrected chi connectivity index (χ1v) is 12.0. The Kier molecular flexibility index (Phi) is 6.21. The van der Waals surface area contributed by atoms with Crippen molar-refractivity contribution in [2.24, 2.45) is 11.7 Å². The first kappa shape index (κ1) is 21.7. The molecule has 3 aromatic rings. The van der Waals surface area contributed by atoms with Crippen molar-refractivity contribution in [1.29, 1.82) is 0 Å². The van der Waals surface area contributed by atoms with E-state index < -0.39 is 0 Å². The predicted octanol–water partition coefficient (Wildman–Crippen LogP) is 6.85. The molecule has 4 N–H and O–H groups in total. The fourth-order valence-electron chi connectivity index (χ4n) is 4.98. The van der Waals surface area contributed by atoms with Crippen molar-refractivity contribution in [1.82, 2.24) is 0 Å². The van der Waals surface area contributed by atoms with Gasteiger partial charge in [-0.05, 0) is 54.2 Å². The molecule has 33 heavy (non-hydrogen) atoms. The number of carbonyl (C=O) groups is 1. The fourth-order valence-corrected chi connectivity index (χ4v) is 5.15. The zero-order valence-electron chi connectivity index (χ0n) is 18.5. The van der Waals surface area contributed by atoms with E-state index in [1.807, 2.05) is 42.5 Å². The van der Waals surface area contributed by atoms with Crippen molar-refractivity contribution in [3.63, 3.8) is 0 Å². The third kappa shape index (κ3) is 4.54. The van der Waals surface area contributed by atoms with E-state index in [4.69, 9.17) is 17.3 Å². The Hall–Kier alpha value is -3.08. The van der Waals surface area contributed by atoms with Crippen molar-refractivity contribution < 1.29 is 4.79 Å². The maximum atomic E-state index is 13.0. The van der Waals surface area contributed by atoms with Gasteiger partial charge in [0.05, 0.1) is 17.0 Å². The number of nitrogens with one attached hydrogen (secondary N) is 2. The highest BCUT2D eigenvalue weighted by Crippen LogP contribution is 2.39. The maximum Gasteiger partial charge on any atom is 0.258 e. The third-order valence-electron chi connectivity index (χ3n) is 6.76. The molecule has 0 radical (unpaired) electrons. The van der Waals surface area contributed by atoms with Crippen LogP contribution in [0.15, 0.2) is 72.8 Å². The number of halogens is 1. The van der Waals surface area contributed by atoms with Gasteiger partial charge < -0.3 is 16.4 Å². The fraction of sp³-hybridized carbons (Fsp3) is 0.250. The molecule has 1 atom stereocenters. The Labute approximate surface area is 199 Å². The van der Waals surface area contributed by atoms with Crippen LogP contribution in [0.2, 0.25) is 5.02 Å². The molecular formula is C28H28ClN3O. The first-order chi connectivity index (χ1) is 16.1. The Balaban J connectivity index is 1.49. The van der Waals surface area contributed by atoms with E-state index in [-0.39, 0.29) is 11.9 Å². The summed E-state index contributed by atoms with van der Waals surface area (Å²) in [4.78, 5) is 13.0. The van der Waals surface area contributed by atoms with Gasteiger partial charge in [0.1, 0.15) is 0 Å². The standard InChI is InChI=1S/C28H28ClN3O/c29-21-13-16-23-24(17-21)32-28(33)25(23)27(20-9-5-2-6-10-20)31-22-14-11-19(12-15-22)26(30)18-7-3-1-4-8-18/h2,5-6,9-18,26,31H,1,3-4,7-8,30H2,(H,32,33)/b27-25-. The van der Waals surface area contributed by atoms with Gasteiger partial charge in [0.2, 0.25) is 0 Å². The predicted molar refractivity (Wildman–Crippen MR) is 137 cm³/mol. The number of rotatable bonds is 5. The Morgan fingerprint density at radius 1 is 0.970 bits per heavy atom. The van der Waals surface area contributed by atoms with E-state index >= 15 is 0 Å². The minimum Gasteiger partial charge on any atom is -0.354 e. The van der Waals surface area contributed by atoms with E-state index in [1.165, 1.54) is 37.7 Å². The minimum absolute atomic E-state index is 0.0727. The minimum atomic E-state index is -0.144. The summed E-state index contributed by atoms with van der Waals surface area (Å²) in [7, 11) is 0. The van der Waals surface area contributed by atoms with Crippen LogP contribution in [0.3, 0.4) is 0 Å². The summed E-state index contributed by atoms with van der Waals surface area (Å²) in [6.45, 7) is 0. The second-order valence-electron chi connectivity index (χ2n) is 8.93.